The van der Waals surface area contributed by atoms with Gasteiger partial charge >= 0.3 is 0 Å². The third kappa shape index (κ3) is 2.94. The van der Waals surface area contributed by atoms with E-state index in [4.69, 9.17) is 4.74 Å². The van der Waals surface area contributed by atoms with Crippen LogP contribution in [0.2, 0.25) is 0 Å². The summed E-state index contributed by atoms with van der Waals surface area (Å²) < 4.78 is 5.99. The molecular weight excluding hydrogens is 322 g/mol. The Hall–Kier alpha value is -2.81. The van der Waals surface area contributed by atoms with Gasteiger partial charge in [0.2, 0.25) is 0 Å². The maximum absolute atomic E-state index is 12.9. The van der Waals surface area contributed by atoms with Crippen LogP contribution >= 0.6 is 0 Å². The Balaban J connectivity index is 1.60. The number of benzene rings is 3. The van der Waals surface area contributed by atoms with E-state index < -0.39 is 6.10 Å². The number of aryl methyl sites for hydroxylation is 3. The van der Waals surface area contributed by atoms with E-state index >= 15 is 0 Å². The van der Waals surface area contributed by atoms with Crippen LogP contribution in [0.4, 0.5) is 5.69 Å². The average Bonchev–Trinajstić information content (AvgIpc) is 3.08. The first kappa shape index (κ1) is 16.6. The van der Waals surface area contributed by atoms with Crippen molar-refractivity contribution in [3.8, 4) is 5.75 Å². The fourth-order valence-corrected chi connectivity index (χ4v) is 3.73. The molecule has 1 amide bonds. The highest BCUT2D eigenvalue weighted by Gasteiger charge is 2.21. The maximum Gasteiger partial charge on any atom is 0.265 e. The van der Waals surface area contributed by atoms with Crippen LogP contribution in [0.25, 0.3) is 10.8 Å². The number of carbonyl (C=O) groups is 1. The van der Waals surface area contributed by atoms with Crippen molar-refractivity contribution in [3.63, 3.8) is 0 Å². The number of rotatable bonds is 5. The van der Waals surface area contributed by atoms with Crippen molar-refractivity contribution < 1.29 is 9.53 Å². The van der Waals surface area contributed by atoms with Gasteiger partial charge in [-0.1, -0.05) is 49.4 Å². The van der Waals surface area contributed by atoms with Crippen molar-refractivity contribution in [3.05, 3.63) is 71.3 Å². The van der Waals surface area contributed by atoms with Crippen LogP contribution in [0.1, 0.15) is 30.0 Å². The van der Waals surface area contributed by atoms with Gasteiger partial charge in [-0.2, -0.15) is 0 Å². The van der Waals surface area contributed by atoms with Crippen molar-refractivity contribution >= 4 is 22.4 Å². The molecule has 132 valence electrons. The summed E-state index contributed by atoms with van der Waals surface area (Å²) >= 11 is 0. The van der Waals surface area contributed by atoms with E-state index in [0.717, 1.165) is 35.2 Å². The van der Waals surface area contributed by atoms with Crippen LogP contribution in [-0.4, -0.2) is 12.0 Å². The van der Waals surface area contributed by atoms with Gasteiger partial charge in [-0.3, -0.25) is 4.79 Å². The quantitative estimate of drug-likeness (QED) is 0.703. The lowest BCUT2D eigenvalue weighted by Crippen LogP contribution is -2.32. The molecule has 4 rings (SSSR count). The van der Waals surface area contributed by atoms with Crippen LogP contribution < -0.4 is 10.1 Å². The second-order valence-electron chi connectivity index (χ2n) is 6.88. The molecule has 1 unspecified atom stereocenters. The zero-order valence-electron chi connectivity index (χ0n) is 15.2. The molecule has 1 N–H and O–H groups in total. The molecule has 0 aliphatic heterocycles. The van der Waals surface area contributed by atoms with E-state index in [2.05, 4.69) is 29.6 Å². The van der Waals surface area contributed by atoms with Crippen LogP contribution in [0, 0.1) is 6.92 Å². The predicted molar refractivity (Wildman–Crippen MR) is 106 cm³/mol. The summed E-state index contributed by atoms with van der Waals surface area (Å²) in [6.45, 7) is 3.96. The molecule has 26 heavy (non-hydrogen) atoms. The zero-order chi connectivity index (χ0) is 18.1. The highest BCUT2D eigenvalue weighted by molar-refractivity contribution is 6.06. The standard InChI is InChI=1S/C23H23NO2/c1-3-20(26-21-10-5-4-7-15(21)2)23(25)24-19-14-13-17-12-11-16-8-6-9-18(19)22(16)17/h4-10,13-14,20H,3,11-12H2,1-2H3,(H,24,25). The topological polar surface area (TPSA) is 38.3 Å². The van der Waals surface area contributed by atoms with Crippen LogP contribution in [0.3, 0.4) is 0 Å². The zero-order valence-corrected chi connectivity index (χ0v) is 15.2. The number of nitrogens with one attached hydrogen (secondary N) is 1. The van der Waals surface area contributed by atoms with Gasteiger partial charge in [0.25, 0.3) is 5.91 Å². The molecule has 0 heterocycles. The van der Waals surface area contributed by atoms with Gasteiger partial charge in [0, 0.05) is 11.1 Å². The highest BCUT2D eigenvalue weighted by atomic mass is 16.5. The van der Waals surface area contributed by atoms with Crippen molar-refractivity contribution in [2.24, 2.45) is 0 Å². The molecule has 3 aromatic carbocycles. The Labute approximate surface area is 154 Å². The van der Waals surface area contributed by atoms with Crippen LogP contribution in [0.15, 0.2) is 54.6 Å². The molecule has 1 aliphatic carbocycles. The van der Waals surface area contributed by atoms with E-state index in [1.54, 1.807) is 0 Å². The van der Waals surface area contributed by atoms with Gasteiger partial charge in [-0.25, -0.2) is 0 Å². The predicted octanol–water partition coefficient (Wildman–Crippen LogP) is 5.04. The highest BCUT2D eigenvalue weighted by Crippen LogP contribution is 2.35. The smallest absolute Gasteiger partial charge is 0.265 e. The van der Waals surface area contributed by atoms with Crippen molar-refractivity contribution in [2.45, 2.75) is 39.2 Å². The first-order chi connectivity index (χ1) is 12.7. The summed E-state index contributed by atoms with van der Waals surface area (Å²) in [5.41, 5.74) is 4.64. The van der Waals surface area contributed by atoms with E-state index in [9.17, 15) is 4.79 Å². The second kappa shape index (κ2) is 6.83. The third-order valence-corrected chi connectivity index (χ3v) is 5.16. The number of anilines is 1. The van der Waals surface area contributed by atoms with Gasteiger partial charge in [0.15, 0.2) is 6.10 Å². The Morgan fingerprint density at radius 2 is 1.81 bits per heavy atom. The van der Waals surface area contributed by atoms with Gasteiger partial charge in [0.1, 0.15) is 5.75 Å². The molecule has 0 saturated carbocycles. The molecule has 3 heteroatoms. The minimum absolute atomic E-state index is 0.102. The fraction of sp³-hybridized carbons (Fsp3) is 0.261. The lowest BCUT2D eigenvalue weighted by Gasteiger charge is -2.19. The second-order valence-corrected chi connectivity index (χ2v) is 6.88. The number of ether oxygens (including phenoxy) is 1. The number of para-hydroxylation sites is 1. The fourth-order valence-electron chi connectivity index (χ4n) is 3.73. The van der Waals surface area contributed by atoms with Crippen LogP contribution in [0.5, 0.6) is 5.75 Å². The minimum Gasteiger partial charge on any atom is -0.480 e. The van der Waals surface area contributed by atoms with Gasteiger partial charge in [-0.15, -0.1) is 0 Å². The molecule has 0 bridgehead atoms. The van der Waals surface area contributed by atoms with E-state index in [1.807, 2.05) is 44.2 Å². The van der Waals surface area contributed by atoms with Gasteiger partial charge in [0.05, 0.1) is 0 Å². The molecule has 3 aromatic rings. The first-order valence-corrected chi connectivity index (χ1v) is 9.24. The third-order valence-electron chi connectivity index (χ3n) is 5.16. The summed E-state index contributed by atoms with van der Waals surface area (Å²) in [6.07, 6.45) is 2.26. The molecule has 0 aromatic heterocycles. The van der Waals surface area contributed by atoms with Crippen LogP contribution in [-0.2, 0) is 17.6 Å². The van der Waals surface area contributed by atoms with Crippen molar-refractivity contribution in [1.82, 2.24) is 0 Å². The summed E-state index contributed by atoms with van der Waals surface area (Å²) in [5, 5.41) is 5.52. The summed E-state index contributed by atoms with van der Waals surface area (Å²) in [5.74, 6) is 0.657. The lowest BCUT2D eigenvalue weighted by molar-refractivity contribution is -0.122. The summed E-state index contributed by atoms with van der Waals surface area (Å²) in [6, 6.07) is 18.3. The molecule has 1 aliphatic rings. The molecular formula is C23H23NO2. The number of amides is 1. The molecule has 0 spiro atoms. The molecule has 0 fully saturated rings. The Bertz CT molecular complexity index is 967. The normalized spacial score (nSPS) is 13.6. The van der Waals surface area contributed by atoms with E-state index in [0.29, 0.717) is 6.42 Å². The lowest BCUT2D eigenvalue weighted by atomic mass is 10.0. The SMILES string of the molecule is CCC(Oc1ccccc1C)C(=O)Nc1ccc2c3c(cccc13)CC2. The van der Waals surface area contributed by atoms with E-state index in [-0.39, 0.29) is 5.91 Å². The first-order valence-electron chi connectivity index (χ1n) is 9.24. The number of hydrogen-bond donors (Lipinski definition) is 1. The summed E-state index contributed by atoms with van der Waals surface area (Å²) in [4.78, 5) is 12.9. The molecule has 0 saturated heterocycles. The van der Waals surface area contributed by atoms with E-state index in [1.165, 1.54) is 16.5 Å². The van der Waals surface area contributed by atoms with Crippen molar-refractivity contribution in [2.75, 3.05) is 5.32 Å². The van der Waals surface area contributed by atoms with Crippen molar-refractivity contribution in [1.29, 1.82) is 0 Å². The van der Waals surface area contributed by atoms with Gasteiger partial charge in [-0.05, 0) is 60.4 Å². The Morgan fingerprint density at radius 3 is 2.58 bits per heavy atom. The minimum atomic E-state index is -0.515. The molecule has 1 atom stereocenters. The number of hydrogen-bond acceptors (Lipinski definition) is 2. The summed E-state index contributed by atoms with van der Waals surface area (Å²) in [7, 11) is 0. The molecule has 0 radical (unpaired) electrons. The average molecular weight is 345 g/mol. The maximum atomic E-state index is 12.9. The Kier molecular flexibility index (Phi) is 4.37. The number of carbonyl (C=O) groups excluding carboxylic acids is 1. The van der Waals surface area contributed by atoms with Gasteiger partial charge < -0.3 is 10.1 Å². The Morgan fingerprint density at radius 1 is 1.04 bits per heavy atom. The largest absolute Gasteiger partial charge is 0.480 e. The molecule has 3 nitrogen and oxygen atoms in total. The monoisotopic (exact) mass is 345 g/mol.